The molecule has 1 unspecified atom stereocenters. The van der Waals surface area contributed by atoms with Crippen LogP contribution in [0.15, 0.2) is 35.9 Å². The molecule has 0 amide bonds. The second-order valence-corrected chi connectivity index (χ2v) is 3.96. The largest absolute Gasteiger partial charge is 0.497 e. The molecule has 0 aliphatic rings. The fraction of sp³-hybridized carbons (Fsp3) is 0.385. The minimum Gasteiger partial charge on any atom is -0.497 e. The van der Waals surface area contributed by atoms with Gasteiger partial charge in [0.15, 0.2) is 0 Å². The van der Waals surface area contributed by atoms with Gasteiger partial charge < -0.3 is 10.5 Å². The van der Waals surface area contributed by atoms with E-state index in [4.69, 9.17) is 10.5 Å². The standard InChI is InChI=1S/C13H19NO/c1-10(2)8-12(14)9-11-4-6-13(15-3)7-5-11/h4-8,12H,9,14H2,1-3H3. The normalized spacial score (nSPS) is 12.0. The van der Waals surface area contributed by atoms with Crippen molar-refractivity contribution in [2.75, 3.05) is 7.11 Å². The maximum Gasteiger partial charge on any atom is 0.118 e. The van der Waals surface area contributed by atoms with Gasteiger partial charge in [0.2, 0.25) is 0 Å². The van der Waals surface area contributed by atoms with Gasteiger partial charge >= 0.3 is 0 Å². The summed E-state index contributed by atoms with van der Waals surface area (Å²) < 4.78 is 5.10. The van der Waals surface area contributed by atoms with Crippen molar-refractivity contribution in [2.24, 2.45) is 5.73 Å². The average molecular weight is 205 g/mol. The zero-order valence-corrected chi connectivity index (χ0v) is 9.66. The number of hydrogen-bond donors (Lipinski definition) is 1. The quantitative estimate of drug-likeness (QED) is 0.767. The second-order valence-electron chi connectivity index (χ2n) is 3.96. The molecule has 0 aromatic heterocycles. The van der Waals surface area contributed by atoms with Gasteiger partial charge in [0.1, 0.15) is 5.75 Å². The highest BCUT2D eigenvalue weighted by Gasteiger charge is 2.00. The molecule has 1 aromatic carbocycles. The van der Waals surface area contributed by atoms with Crippen LogP contribution in [0.5, 0.6) is 5.75 Å². The highest BCUT2D eigenvalue weighted by atomic mass is 16.5. The Morgan fingerprint density at radius 3 is 2.40 bits per heavy atom. The number of nitrogens with two attached hydrogens (primary N) is 1. The van der Waals surface area contributed by atoms with Gasteiger partial charge in [0.25, 0.3) is 0 Å². The van der Waals surface area contributed by atoms with Crippen LogP contribution in [0.4, 0.5) is 0 Å². The van der Waals surface area contributed by atoms with E-state index in [1.54, 1.807) is 7.11 Å². The number of ether oxygens (including phenoxy) is 1. The summed E-state index contributed by atoms with van der Waals surface area (Å²) in [5.41, 5.74) is 8.47. The van der Waals surface area contributed by atoms with Gasteiger partial charge in [-0.15, -0.1) is 0 Å². The molecule has 0 saturated heterocycles. The molecule has 1 aromatic rings. The number of allylic oxidation sites excluding steroid dienone is 1. The summed E-state index contributed by atoms with van der Waals surface area (Å²) in [6.07, 6.45) is 2.96. The van der Waals surface area contributed by atoms with Crippen LogP contribution in [-0.2, 0) is 6.42 Å². The lowest BCUT2D eigenvalue weighted by molar-refractivity contribution is 0.414. The van der Waals surface area contributed by atoms with Crippen LogP contribution in [-0.4, -0.2) is 13.2 Å². The fourth-order valence-electron chi connectivity index (χ4n) is 1.52. The highest BCUT2D eigenvalue weighted by Crippen LogP contribution is 2.12. The molecule has 82 valence electrons. The number of benzene rings is 1. The van der Waals surface area contributed by atoms with E-state index in [9.17, 15) is 0 Å². The van der Waals surface area contributed by atoms with E-state index in [-0.39, 0.29) is 6.04 Å². The van der Waals surface area contributed by atoms with Gasteiger partial charge in [0.05, 0.1) is 7.11 Å². The Kier molecular flexibility index (Phi) is 4.37. The van der Waals surface area contributed by atoms with E-state index < -0.39 is 0 Å². The van der Waals surface area contributed by atoms with Gasteiger partial charge in [-0.3, -0.25) is 0 Å². The lowest BCUT2D eigenvalue weighted by Crippen LogP contribution is -2.20. The Balaban J connectivity index is 2.61. The molecular formula is C13H19NO. The molecular weight excluding hydrogens is 186 g/mol. The second kappa shape index (κ2) is 5.56. The van der Waals surface area contributed by atoms with Crippen molar-refractivity contribution in [1.29, 1.82) is 0 Å². The Bertz CT molecular complexity index is 323. The summed E-state index contributed by atoms with van der Waals surface area (Å²) in [5.74, 6) is 0.884. The first-order valence-electron chi connectivity index (χ1n) is 5.15. The number of rotatable bonds is 4. The first-order valence-corrected chi connectivity index (χ1v) is 5.15. The van der Waals surface area contributed by atoms with Crippen molar-refractivity contribution < 1.29 is 4.74 Å². The molecule has 2 nitrogen and oxygen atoms in total. The molecule has 0 spiro atoms. The molecule has 1 atom stereocenters. The molecule has 2 heteroatoms. The van der Waals surface area contributed by atoms with E-state index in [1.807, 2.05) is 12.1 Å². The number of methoxy groups -OCH3 is 1. The molecule has 0 aliphatic carbocycles. The lowest BCUT2D eigenvalue weighted by Gasteiger charge is -2.08. The summed E-state index contributed by atoms with van der Waals surface area (Å²) in [6.45, 7) is 4.13. The van der Waals surface area contributed by atoms with Crippen LogP contribution in [0.25, 0.3) is 0 Å². The van der Waals surface area contributed by atoms with Crippen molar-refractivity contribution in [2.45, 2.75) is 26.3 Å². The van der Waals surface area contributed by atoms with Gasteiger partial charge in [-0.2, -0.15) is 0 Å². The van der Waals surface area contributed by atoms with E-state index in [1.165, 1.54) is 11.1 Å². The SMILES string of the molecule is COc1ccc(CC(N)C=C(C)C)cc1. The fourth-order valence-corrected chi connectivity index (χ4v) is 1.52. The maximum atomic E-state index is 5.97. The van der Waals surface area contributed by atoms with Crippen LogP contribution in [0.2, 0.25) is 0 Å². The van der Waals surface area contributed by atoms with Crippen LogP contribution in [0, 0.1) is 0 Å². The number of hydrogen-bond acceptors (Lipinski definition) is 2. The van der Waals surface area contributed by atoms with Crippen LogP contribution in [0.1, 0.15) is 19.4 Å². The minimum atomic E-state index is 0.100. The summed E-state index contributed by atoms with van der Waals surface area (Å²) >= 11 is 0. The molecule has 15 heavy (non-hydrogen) atoms. The van der Waals surface area contributed by atoms with Crippen LogP contribution >= 0.6 is 0 Å². The van der Waals surface area contributed by atoms with Crippen molar-refractivity contribution in [3.63, 3.8) is 0 Å². The van der Waals surface area contributed by atoms with E-state index in [0.717, 1.165) is 12.2 Å². The Morgan fingerprint density at radius 2 is 1.93 bits per heavy atom. The molecule has 0 radical (unpaired) electrons. The summed E-state index contributed by atoms with van der Waals surface area (Å²) in [6, 6.07) is 8.13. The first kappa shape index (κ1) is 11.8. The van der Waals surface area contributed by atoms with Gasteiger partial charge in [-0.25, -0.2) is 0 Å². The van der Waals surface area contributed by atoms with Gasteiger partial charge in [-0.1, -0.05) is 23.8 Å². The van der Waals surface area contributed by atoms with Crippen molar-refractivity contribution in [1.82, 2.24) is 0 Å². The molecule has 0 fully saturated rings. The molecule has 2 N–H and O–H groups in total. The third kappa shape index (κ3) is 4.17. The first-order chi connectivity index (χ1) is 7.11. The summed E-state index contributed by atoms with van der Waals surface area (Å²) in [5, 5.41) is 0. The Labute approximate surface area is 91.7 Å². The summed E-state index contributed by atoms with van der Waals surface area (Å²) in [4.78, 5) is 0. The maximum absolute atomic E-state index is 5.97. The molecule has 1 rings (SSSR count). The van der Waals surface area contributed by atoms with Crippen molar-refractivity contribution in [3.05, 3.63) is 41.5 Å². The zero-order valence-electron chi connectivity index (χ0n) is 9.66. The van der Waals surface area contributed by atoms with Gasteiger partial charge in [0, 0.05) is 6.04 Å². The third-order valence-electron chi connectivity index (χ3n) is 2.18. The minimum absolute atomic E-state index is 0.100. The van der Waals surface area contributed by atoms with Crippen LogP contribution in [0.3, 0.4) is 0 Å². The highest BCUT2D eigenvalue weighted by molar-refractivity contribution is 5.28. The molecule has 0 bridgehead atoms. The smallest absolute Gasteiger partial charge is 0.118 e. The average Bonchev–Trinajstić information content (AvgIpc) is 2.17. The summed E-state index contributed by atoms with van der Waals surface area (Å²) in [7, 11) is 1.67. The zero-order chi connectivity index (χ0) is 11.3. The molecule has 0 aliphatic heterocycles. The monoisotopic (exact) mass is 205 g/mol. The Hall–Kier alpha value is -1.28. The predicted octanol–water partition coefficient (Wildman–Crippen LogP) is 2.53. The molecule has 0 saturated carbocycles. The van der Waals surface area contributed by atoms with Crippen molar-refractivity contribution >= 4 is 0 Å². The van der Waals surface area contributed by atoms with E-state index in [0.29, 0.717) is 0 Å². The molecule has 0 heterocycles. The van der Waals surface area contributed by atoms with E-state index >= 15 is 0 Å². The third-order valence-corrected chi connectivity index (χ3v) is 2.18. The predicted molar refractivity (Wildman–Crippen MR) is 64.1 cm³/mol. The van der Waals surface area contributed by atoms with Crippen LogP contribution < -0.4 is 10.5 Å². The lowest BCUT2D eigenvalue weighted by atomic mass is 10.0. The van der Waals surface area contributed by atoms with Gasteiger partial charge in [-0.05, 0) is 38.0 Å². The van der Waals surface area contributed by atoms with Crippen molar-refractivity contribution in [3.8, 4) is 5.75 Å². The Morgan fingerprint density at radius 1 is 1.33 bits per heavy atom. The topological polar surface area (TPSA) is 35.2 Å². The van der Waals surface area contributed by atoms with E-state index in [2.05, 4.69) is 32.1 Å².